The summed E-state index contributed by atoms with van der Waals surface area (Å²) in [5.41, 5.74) is 7.44. The molecule has 0 radical (unpaired) electrons. The number of nitrogens with one attached hydrogen (secondary N) is 1. The highest BCUT2D eigenvalue weighted by atomic mass is 15.3. The van der Waals surface area contributed by atoms with Gasteiger partial charge in [-0.05, 0) is 29.2 Å². The molecule has 0 amide bonds. The molecule has 0 saturated heterocycles. The van der Waals surface area contributed by atoms with Gasteiger partial charge in [-0.25, -0.2) is 0 Å². The molecule has 3 aromatic rings. The van der Waals surface area contributed by atoms with Crippen LogP contribution in [0.3, 0.4) is 0 Å². The first kappa shape index (κ1) is 12.2. The maximum absolute atomic E-state index is 4.42. The summed E-state index contributed by atoms with van der Waals surface area (Å²) in [6, 6.07) is 17.4. The fourth-order valence-electron chi connectivity index (χ4n) is 3.21. The molecular weight excluding hydrogens is 258 g/mol. The molecule has 0 bridgehead atoms. The Bertz CT molecular complexity index is 771. The van der Waals surface area contributed by atoms with Crippen LogP contribution in [0.4, 0.5) is 5.69 Å². The first-order chi connectivity index (χ1) is 10.2. The van der Waals surface area contributed by atoms with Gasteiger partial charge in [0.05, 0.1) is 17.4 Å². The molecule has 3 heteroatoms. The van der Waals surface area contributed by atoms with E-state index in [9.17, 15) is 0 Å². The van der Waals surface area contributed by atoms with Crippen molar-refractivity contribution < 1.29 is 0 Å². The molecule has 0 unspecified atom stereocenters. The predicted octanol–water partition coefficient (Wildman–Crippen LogP) is 3.91. The Balaban J connectivity index is 1.83. The van der Waals surface area contributed by atoms with Crippen LogP contribution in [0.25, 0.3) is 11.1 Å². The van der Waals surface area contributed by atoms with Crippen molar-refractivity contribution in [3.05, 3.63) is 71.5 Å². The largest absolute Gasteiger partial charge is 0.371 e. The van der Waals surface area contributed by atoms with Crippen molar-refractivity contribution in [1.82, 2.24) is 9.78 Å². The van der Waals surface area contributed by atoms with Gasteiger partial charge in [0.1, 0.15) is 0 Å². The van der Waals surface area contributed by atoms with Gasteiger partial charge >= 0.3 is 0 Å². The number of rotatable bonds is 2. The topological polar surface area (TPSA) is 29.9 Å². The van der Waals surface area contributed by atoms with E-state index >= 15 is 0 Å². The summed E-state index contributed by atoms with van der Waals surface area (Å²) in [4.78, 5) is 0. The van der Waals surface area contributed by atoms with Crippen LogP contribution in [-0.4, -0.2) is 9.78 Å². The van der Waals surface area contributed by atoms with Crippen molar-refractivity contribution in [2.75, 3.05) is 5.32 Å². The highest BCUT2D eigenvalue weighted by Gasteiger charge is 2.28. The maximum atomic E-state index is 4.42. The number of hydrogen-bond donors (Lipinski definition) is 1. The normalized spacial score (nSPS) is 13.0. The fourth-order valence-corrected chi connectivity index (χ4v) is 3.21. The summed E-state index contributed by atoms with van der Waals surface area (Å²) < 4.78 is 1.85. The lowest BCUT2D eigenvalue weighted by Crippen LogP contribution is -2.09. The van der Waals surface area contributed by atoms with E-state index in [0.717, 1.165) is 11.4 Å². The summed E-state index contributed by atoms with van der Waals surface area (Å²) >= 11 is 0. The van der Waals surface area contributed by atoms with E-state index in [0.29, 0.717) is 0 Å². The first-order valence-electron chi connectivity index (χ1n) is 7.19. The summed E-state index contributed by atoms with van der Waals surface area (Å²) in [5, 5.41) is 8.08. The third-order valence-electron chi connectivity index (χ3n) is 4.15. The fraction of sp³-hybridized carbons (Fsp3) is 0.167. The highest BCUT2D eigenvalue weighted by Crippen LogP contribution is 2.44. The molecule has 1 aliphatic carbocycles. The second kappa shape index (κ2) is 4.48. The Hall–Kier alpha value is -2.55. The molecule has 3 nitrogen and oxygen atoms in total. The van der Waals surface area contributed by atoms with Gasteiger partial charge < -0.3 is 5.32 Å². The van der Waals surface area contributed by atoms with Crippen molar-refractivity contribution in [2.24, 2.45) is 7.05 Å². The molecule has 1 aromatic heterocycles. The Morgan fingerprint density at radius 3 is 2.05 bits per heavy atom. The van der Waals surface area contributed by atoms with Crippen LogP contribution in [0.5, 0.6) is 0 Å². The molecule has 0 spiro atoms. The zero-order valence-electron chi connectivity index (χ0n) is 12.2. The number of aromatic nitrogens is 2. The van der Waals surface area contributed by atoms with Gasteiger partial charge in [0, 0.05) is 13.2 Å². The maximum Gasteiger partial charge on any atom is 0.0825 e. The summed E-state index contributed by atoms with van der Waals surface area (Å²) in [6.45, 7) is 2.04. The molecule has 2 aromatic carbocycles. The lowest BCUT2D eigenvalue weighted by molar-refractivity contribution is 0.756. The van der Waals surface area contributed by atoms with Gasteiger partial charge in [-0.3, -0.25) is 4.68 Å². The molecule has 21 heavy (non-hydrogen) atoms. The van der Waals surface area contributed by atoms with Crippen LogP contribution in [-0.2, 0) is 7.05 Å². The van der Waals surface area contributed by atoms with Gasteiger partial charge in [-0.2, -0.15) is 5.10 Å². The third-order valence-corrected chi connectivity index (χ3v) is 4.15. The molecular formula is C18H17N3. The van der Waals surface area contributed by atoms with Gasteiger partial charge in [0.25, 0.3) is 0 Å². The highest BCUT2D eigenvalue weighted by molar-refractivity contribution is 5.80. The SMILES string of the molecule is Cc1nn(C)cc1NC1c2ccccc2-c2ccccc21. The van der Waals surface area contributed by atoms with Crippen LogP contribution in [0.1, 0.15) is 22.9 Å². The van der Waals surface area contributed by atoms with E-state index in [2.05, 4.69) is 58.9 Å². The second-order valence-corrected chi connectivity index (χ2v) is 5.55. The lowest BCUT2D eigenvalue weighted by Gasteiger charge is -2.16. The Labute approximate surface area is 124 Å². The van der Waals surface area contributed by atoms with Crippen molar-refractivity contribution in [1.29, 1.82) is 0 Å². The van der Waals surface area contributed by atoms with E-state index in [1.165, 1.54) is 22.3 Å². The van der Waals surface area contributed by atoms with Gasteiger partial charge in [0.15, 0.2) is 0 Å². The standard InChI is InChI=1S/C18H17N3/c1-12-17(11-21(2)20-12)19-18-15-9-5-3-7-13(15)14-8-4-6-10-16(14)18/h3-11,18-19H,1-2H3. The number of aryl methyl sites for hydroxylation is 2. The van der Waals surface area contributed by atoms with Crippen molar-refractivity contribution >= 4 is 5.69 Å². The molecule has 4 rings (SSSR count). The summed E-state index contributed by atoms with van der Waals surface area (Å²) in [6.07, 6.45) is 2.04. The van der Waals surface area contributed by atoms with E-state index in [1.807, 2.05) is 24.9 Å². The monoisotopic (exact) mass is 275 g/mol. The van der Waals surface area contributed by atoms with Gasteiger partial charge in [-0.15, -0.1) is 0 Å². The van der Waals surface area contributed by atoms with Crippen molar-refractivity contribution in [3.63, 3.8) is 0 Å². The number of hydrogen-bond acceptors (Lipinski definition) is 2. The van der Waals surface area contributed by atoms with E-state index in [-0.39, 0.29) is 6.04 Å². The number of benzene rings is 2. The van der Waals surface area contributed by atoms with Gasteiger partial charge in [0.2, 0.25) is 0 Å². The Kier molecular flexibility index (Phi) is 2.61. The Morgan fingerprint density at radius 1 is 0.952 bits per heavy atom. The van der Waals surface area contributed by atoms with Crippen LogP contribution in [0, 0.1) is 6.92 Å². The average Bonchev–Trinajstić information content (AvgIpc) is 2.98. The average molecular weight is 275 g/mol. The number of fused-ring (bicyclic) bond motifs is 3. The van der Waals surface area contributed by atoms with E-state index in [1.54, 1.807) is 0 Å². The zero-order chi connectivity index (χ0) is 14.4. The summed E-state index contributed by atoms with van der Waals surface area (Å²) in [5.74, 6) is 0. The van der Waals surface area contributed by atoms with Crippen LogP contribution in [0.2, 0.25) is 0 Å². The minimum Gasteiger partial charge on any atom is -0.371 e. The van der Waals surface area contributed by atoms with Gasteiger partial charge in [-0.1, -0.05) is 48.5 Å². The minimum absolute atomic E-state index is 0.195. The predicted molar refractivity (Wildman–Crippen MR) is 85.3 cm³/mol. The molecule has 0 saturated carbocycles. The van der Waals surface area contributed by atoms with E-state index < -0.39 is 0 Å². The zero-order valence-corrected chi connectivity index (χ0v) is 12.2. The lowest BCUT2D eigenvalue weighted by atomic mass is 10.1. The molecule has 1 heterocycles. The van der Waals surface area contributed by atoms with Crippen molar-refractivity contribution in [3.8, 4) is 11.1 Å². The molecule has 1 N–H and O–H groups in total. The van der Waals surface area contributed by atoms with Crippen LogP contribution in [0.15, 0.2) is 54.7 Å². The molecule has 0 fully saturated rings. The van der Waals surface area contributed by atoms with Crippen LogP contribution < -0.4 is 5.32 Å². The first-order valence-corrected chi connectivity index (χ1v) is 7.19. The smallest absolute Gasteiger partial charge is 0.0825 e. The third kappa shape index (κ3) is 1.85. The number of anilines is 1. The number of nitrogens with zero attached hydrogens (tertiary/aromatic N) is 2. The molecule has 104 valence electrons. The minimum atomic E-state index is 0.195. The second-order valence-electron chi connectivity index (χ2n) is 5.55. The molecule has 0 aliphatic heterocycles. The Morgan fingerprint density at radius 2 is 1.52 bits per heavy atom. The molecule has 1 aliphatic rings. The van der Waals surface area contributed by atoms with Crippen LogP contribution >= 0.6 is 0 Å². The van der Waals surface area contributed by atoms with E-state index in [4.69, 9.17) is 0 Å². The van der Waals surface area contributed by atoms with Crippen molar-refractivity contribution in [2.45, 2.75) is 13.0 Å². The summed E-state index contributed by atoms with van der Waals surface area (Å²) in [7, 11) is 1.95. The quantitative estimate of drug-likeness (QED) is 0.768. The molecule has 0 atom stereocenters.